The van der Waals surface area contributed by atoms with Crippen molar-refractivity contribution in [1.82, 2.24) is 14.6 Å². The second kappa shape index (κ2) is 7.07. The minimum absolute atomic E-state index is 0.128. The van der Waals surface area contributed by atoms with Crippen LogP contribution >= 0.6 is 0 Å². The molecule has 6 nitrogen and oxygen atoms in total. The number of hydrogen-bond acceptors (Lipinski definition) is 4. The lowest BCUT2D eigenvalue weighted by atomic mass is 9.86. The van der Waals surface area contributed by atoms with E-state index in [-0.39, 0.29) is 12.0 Å². The molecule has 2 aromatic heterocycles. The summed E-state index contributed by atoms with van der Waals surface area (Å²) in [7, 11) is 0. The van der Waals surface area contributed by atoms with E-state index in [0.29, 0.717) is 0 Å². The summed E-state index contributed by atoms with van der Waals surface area (Å²) < 4.78 is 1.72. The van der Waals surface area contributed by atoms with Gasteiger partial charge in [-0.05, 0) is 52.8 Å². The first-order chi connectivity index (χ1) is 14.6. The Balaban J connectivity index is 1.48. The first-order valence-electron chi connectivity index (χ1n) is 10.00. The van der Waals surface area contributed by atoms with Crippen LogP contribution in [0.1, 0.15) is 35.4 Å². The van der Waals surface area contributed by atoms with Gasteiger partial charge < -0.3 is 10.8 Å². The molecule has 0 saturated heterocycles. The van der Waals surface area contributed by atoms with Crippen LogP contribution in [-0.4, -0.2) is 32.2 Å². The van der Waals surface area contributed by atoms with Crippen molar-refractivity contribution in [2.75, 3.05) is 6.61 Å². The summed E-state index contributed by atoms with van der Waals surface area (Å²) >= 11 is 0. The zero-order chi connectivity index (χ0) is 20.7. The van der Waals surface area contributed by atoms with Gasteiger partial charge in [-0.3, -0.25) is 4.79 Å². The van der Waals surface area contributed by atoms with Gasteiger partial charge in [-0.2, -0.15) is 5.10 Å². The van der Waals surface area contributed by atoms with Crippen LogP contribution in [-0.2, 0) is 10.2 Å². The van der Waals surface area contributed by atoms with Gasteiger partial charge >= 0.3 is 0 Å². The van der Waals surface area contributed by atoms with Crippen molar-refractivity contribution < 1.29 is 9.90 Å². The molecule has 1 amide bonds. The number of rotatable bonds is 6. The van der Waals surface area contributed by atoms with E-state index in [1.807, 2.05) is 66.9 Å². The average molecular weight is 398 g/mol. The van der Waals surface area contributed by atoms with E-state index in [0.717, 1.165) is 46.3 Å². The highest BCUT2D eigenvalue weighted by Gasteiger charge is 2.43. The maximum Gasteiger partial charge on any atom is 0.229 e. The number of hydrogen-bond donors (Lipinski definition) is 2. The number of primary amides is 1. The number of carbonyl (C=O) groups is 1. The molecule has 4 aromatic rings. The number of aliphatic hydroxyl groups excluding tert-OH is 1. The molecule has 150 valence electrons. The number of benzene rings is 2. The second-order valence-electron chi connectivity index (χ2n) is 8.00. The predicted octanol–water partition coefficient (Wildman–Crippen LogP) is 3.04. The highest BCUT2D eigenvalue weighted by molar-refractivity contribution is 5.86. The highest BCUT2D eigenvalue weighted by Crippen LogP contribution is 2.48. The minimum atomic E-state index is -0.535. The topological polar surface area (TPSA) is 93.5 Å². The Morgan fingerprint density at radius 2 is 1.87 bits per heavy atom. The molecule has 0 bridgehead atoms. The van der Waals surface area contributed by atoms with Gasteiger partial charge in [-0.25, -0.2) is 9.50 Å². The van der Waals surface area contributed by atoms with E-state index in [2.05, 4.69) is 10.1 Å². The first kappa shape index (κ1) is 18.5. The fourth-order valence-electron chi connectivity index (χ4n) is 4.12. The summed E-state index contributed by atoms with van der Waals surface area (Å²) in [6.45, 7) is 0.128. The van der Waals surface area contributed by atoms with Crippen molar-refractivity contribution in [1.29, 1.82) is 0 Å². The predicted molar refractivity (Wildman–Crippen MR) is 114 cm³/mol. The summed E-state index contributed by atoms with van der Waals surface area (Å²) in [6.07, 6.45) is 5.34. The summed E-state index contributed by atoms with van der Waals surface area (Å²) in [6, 6.07) is 19.8. The van der Waals surface area contributed by atoms with Gasteiger partial charge in [-0.15, -0.1) is 0 Å². The molecule has 1 fully saturated rings. The van der Waals surface area contributed by atoms with E-state index in [1.165, 1.54) is 6.33 Å². The van der Waals surface area contributed by atoms with Gasteiger partial charge in [0, 0.05) is 11.6 Å². The molecule has 30 heavy (non-hydrogen) atoms. The molecule has 1 aliphatic carbocycles. The van der Waals surface area contributed by atoms with Gasteiger partial charge in [0.25, 0.3) is 0 Å². The van der Waals surface area contributed by atoms with E-state index >= 15 is 0 Å². The summed E-state index contributed by atoms with van der Waals surface area (Å²) in [5.74, 6) is -0.925. The monoisotopic (exact) mass is 398 g/mol. The number of fused-ring (bicyclic) bond motifs is 1. The van der Waals surface area contributed by atoms with Gasteiger partial charge in [0.1, 0.15) is 6.33 Å². The molecule has 1 unspecified atom stereocenters. The highest BCUT2D eigenvalue weighted by atomic mass is 16.3. The van der Waals surface area contributed by atoms with Crippen LogP contribution in [0.4, 0.5) is 0 Å². The lowest BCUT2D eigenvalue weighted by molar-refractivity contribution is -0.118. The SMILES string of the molecule is NC(=O)C(c1ccc(-c2ccn3ncnc3c2)cc1)c1cccc(C2(CO)CC2)c1. The summed E-state index contributed by atoms with van der Waals surface area (Å²) in [4.78, 5) is 16.6. The third kappa shape index (κ3) is 3.15. The van der Waals surface area contributed by atoms with Gasteiger partial charge in [0.05, 0.1) is 12.5 Å². The van der Waals surface area contributed by atoms with Crippen LogP contribution in [0.5, 0.6) is 0 Å². The van der Waals surface area contributed by atoms with Crippen LogP contribution in [0, 0.1) is 0 Å². The van der Waals surface area contributed by atoms with Gasteiger partial charge in [0.15, 0.2) is 5.65 Å². The third-order valence-corrected chi connectivity index (χ3v) is 6.13. The maximum absolute atomic E-state index is 12.4. The number of aliphatic hydroxyl groups is 1. The van der Waals surface area contributed by atoms with Crippen molar-refractivity contribution in [3.8, 4) is 11.1 Å². The molecule has 1 saturated carbocycles. The van der Waals surface area contributed by atoms with E-state index in [1.54, 1.807) is 4.52 Å². The maximum atomic E-state index is 12.4. The second-order valence-corrected chi connectivity index (χ2v) is 8.00. The number of nitrogens with zero attached hydrogens (tertiary/aromatic N) is 3. The molecule has 1 aliphatic rings. The zero-order valence-electron chi connectivity index (χ0n) is 16.4. The molecule has 5 rings (SSSR count). The first-order valence-corrected chi connectivity index (χ1v) is 10.00. The number of aromatic nitrogens is 3. The average Bonchev–Trinajstić information content (AvgIpc) is 3.44. The number of amides is 1. The Kier molecular flexibility index (Phi) is 4.37. The smallest absolute Gasteiger partial charge is 0.229 e. The Morgan fingerprint density at radius 3 is 2.57 bits per heavy atom. The molecule has 1 atom stereocenters. The van der Waals surface area contributed by atoms with Crippen molar-refractivity contribution in [3.63, 3.8) is 0 Å². The number of nitrogens with two attached hydrogens (primary N) is 1. The Morgan fingerprint density at radius 1 is 1.07 bits per heavy atom. The summed E-state index contributed by atoms with van der Waals surface area (Å²) in [5.41, 5.74) is 11.3. The standard InChI is InChI=1S/C24H22N4O2/c25-23(30)22(19-2-1-3-20(12-19)24(14-29)9-10-24)17-6-4-16(5-7-17)18-8-11-28-21(13-18)26-15-27-28/h1-8,11-13,15,22,29H,9-10,14H2,(H2,25,30). The fourth-order valence-corrected chi connectivity index (χ4v) is 4.12. The van der Waals surface area contributed by atoms with Crippen LogP contribution in [0.3, 0.4) is 0 Å². The molecule has 0 spiro atoms. The third-order valence-electron chi connectivity index (χ3n) is 6.13. The van der Waals surface area contributed by atoms with Gasteiger partial charge in [0.2, 0.25) is 5.91 Å². The van der Waals surface area contributed by atoms with Crippen molar-refractivity contribution >= 4 is 11.6 Å². The van der Waals surface area contributed by atoms with E-state index in [4.69, 9.17) is 5.73 Å². The van der Waals surface area contributed by atoms with Crippen LogP contribution in [0.2, 0.25) is 0 Å². The summed E-state index contributed by atoms with van der Waals surface area (Å²) in [5, 5.41) is 13.9. The normalized spacial score (nSPS) is 15.8. The molecule has 3 N–H and O–H groups in total. The largest absolute Gasteiger partial charge is 0.395 e. The molecular formula is C24H22N4O2. The van der Waals surface area contributed by atoms with Crippen LogP contribution in [0.15, 0.2) is 73.2 Å². The molecule has 0 aliphatic heterocycles. The zero-order valence-corrected chi connectivity index (χ0v) is 16.4. The lowest BCUT2D eigenvalue weighted by Gasteiger charge is -2.18. The fraction of sp³-hybridized carbons (Fsp3) is 0.208. The minimum Gasteiger partial charge on any atom is -0.395 e. The van der Waals surface area contributed by atoms with Gasteiger partial charge in [-0.1, -0.05) is 48.5 Å². The Bertz CT molecular complexity index is 1230. The van der Waals surface area contributed by atoms with Crippen molar-refractivity contribution in [2.24, 2.45) is 5.73 Å². The van der Waals surface area contributed by atoms with Crippen LogP contribution in [0.25, 0.3) is 16.8 Å². The Labute approximate surface area is 174 Å². The number of pyridine rings is 1. The molecule has 2 aromatic carbocycles. The van der Waals surface area contributed by atoms with Crippen molar-refractivity contribution in [3.05, 3.63) is 89.9 Å². The molecular weight excluding hydrogens is 376 g/mol. The van der Waals surface area contributed by atoms with Crippen LogP contribution < -0.4 is 5.73 Å². The quantitative estimate of drug-likeness (QED) is 0.522. The molecule has 6 heteroatoms. The van der Waals surface area contributed by atoms with E-state index < -0.39 is 11.8 Å². The Hall–Kier alpha value is -3.51. The molecule has 0 radical (unpaired) electrons. The van der Waals surface area contributed by atoms with E-state index in [9.17, 15) is 9.90 Å². The molecule has 2 heterocycles. The lowest BCUT2D eigenvalue weighted by Crippen LogP contribution is -2.23. The van der Waals surface area contributed by atoms with Crippen molar-refractivity contribution in [2.45, 2.75) is 24.2 Å². The number of carbonyl (C=O) groups excluding carboxylic acids is 1.